The summed E-state index contributed by atoms with van der Waals surface area (Å²) in [5.74, 6) is -0.708. The van der Waals surface area contributed by atoms with Gasteiger partial charge in [-0.2, -0.15) is 0 Å². The average Bonchev–Trinajstić information content (AvgIpc) is 2.18. The number of hydrogen-bond acceptors (Lipinski definition) is 3. The van der Waals surface area contributed by atoms with Gasteiger partial charge in [0.1, 0.15) is 0 Å². The first-order valence-electron chi connectivity index (χ1n) is 5.64. The average molecular weight is 214 g/mol. The lowest BCUT2D eigenvalue weighted by atomic mass is 9.93. The Labute approximate surface area is 91.9 Å². The van der Waals surface area contributed by atoms with Gasteiger partial charge in [-0.05, 0) is 20.4 Å². The van der Waals surface area contributed by atoms with E-state index in [0.717, 1.165) is 32.7 Å². The van der Waals surface area contributed by atoms with Gasteiger partial charge in [-0.1, -0.05) is 6.92 Å². The number of carbonyl (C=O) groups is 1. The van der Waals surface area contributed by atoms with Crippen molar-refractivity contribution in [3.63, 3.8) is 0 Å². The zero-order valence-corrected chi connectivity index (χ0v) is 9.99. The standard InChI is InChI=1S/C11H22N2O2/c1-4-12-5-7-13(8-6-12)9-11(2,3)10(14)15/h4-9H2,1-3H3,(H,14,15). The highest BCUT2D eigenvalue weighted by Gasteiger charge is 2.30. The van der Waals surface area contributed by atoms with Gasteiger partial charge in [0.25, 0.3) is 0 Å². The summed E-state index contributed by atoms with van der Waals surface area (Å²) in [6, 6.07) is 0. The minimum Gasteiger partial charge on any atom is -0.481 e. The lowest BCUT2D eigenvalue weighted by molar-refractivity contribution is -0.148. The van der Waals surface area contributed by atoms with Gasteiger partial charge in [0.15, 0.2) is 0 Å². The first-order valence-corrected chi connectivity index (χ1v) is 5.64. The molecule has 0 aromatic heterocycles. The molecule has 4 heteroatoms. The van der Waals surface area contributed by atoms with Crippen LogP contribution in [0.4, 0.5) is 0 Å². The molecule has 0 spiro atoms. The predicted octanol–water partition coefficient (Wildman–Crippen LogP) is 0.735. The Bertz CT molecular complexity index is 221. The van der Waals surface area contributed by atoms with Gasteiger partial charge in [-0.25, -0.2) is 0 Å². The third-order valence-corrected chi connectivity index (χ3v) is 3.11. The van der Waals surface area contributed by atoms with Crippen molar-refractivity contribution < 1.29 is 9.90 Å². The Balaban J connectivity index is 2.38. The highest BCUT2D eigenvalue weighted by atomic mass is 16.4. The quantitative estimate of drug-likeness (QED) is 0.749. The number of aliphatic carboxylic acids is 1. The summed E-state index contributed by atoms with van der Waals surface area (Å²) in [4.78, 5) is 15.6. The highest BCUT2D eigenvalue weighted by molar-refractivity contribution is 5.73. The molecule has 1 heterocycles. The molecule has 0 aromatic rings. The molecule has 0 aliphatic carbocycles. The lowest BCUT2D eigenvalue weighted by Crippen LogP contribution is -2.50. The fraction of sp³-hybridized carbons (Fsp3) is 0.909. The minimum atomic E-state index is -0.708. The minimum absolute atomic E-state index is 0.631. The molecule has 0 unspecified atom stereocenters. The summed E-state index contributed by atoms with van der Waals surface area (Å²) in [7, 11) is 0. The van der Waals surface area contributed by atoms with Gasteiger partial charge in [0.2, 0.25) is 0 Å². The number of carboxylic acid groups (broad SMARTS) is 1. The predicted molar refractivity (Wildman–Crippen MR) is 60.0 cm³/mol. The Hall–Kier alpha value is -0.610. The third kappa shape index (κ3) is 3.47. The van der Waals surface area contributed by atoms with E-state index in [-0.39, 0.29) is 0 Å². The topological polar surface area (TPSA) is 43.8 Å². The maximum absolute atomic E-state index is 11.0. The van der Waals surface area contributed by atoms with Crippen LogP contribution in [0, 0.1) is 5.41 Å². The van der Waals surface area contributed by atoms with Crippen LogP contribution in [0.3, 0.4) is 0 Å². The molecule has 0 aromatic carbocycles. The molecule has 0 saturated carbocycles. The van der Waals surface area contributed by atoms with Crippen molar-refractivity contribution in [3.05, 3.63) is 0 Å². The molecular formula is C11H22N2O2. The van der Waals surface area contributed by atoms with Crippen LogP contribution in [0.5, 0.6) is 0 Å². The first-order chi connectivity index (χ1) is 6.95. The lowest BCUT2D eigenvalue weighted by Gasteiger charge is -2.37. The third-order valence-electron chi connectivity index (χ3n) is 3.11. The fourth-order valence-corrected chi connectivity index (χ4v) is 1.89. The Morgan fingerprint density at radius 3 is 2.07 bits per heavy atom. The Morgan fingerprint density at radius 1 is 1.20 bits per heavy atom. The summed E-state index contributed by atoms with van der Waals surface area (Å²) >= 11 is 0. The smallest absolute Gasteiger partial charge is 0.310 e. The van der Waals surface area contributed by atoms with Gasteiger partial charge in [-0.15, -0.1) is 0 Å². The molecule has 0 radical (unpaired) electrons. The van der Waals surface area contributed by atoms with Gasteiger partial charge in [0, 0.05) is 32.7 Å². The van der Waals surface area contributed by atoms with Gasteiger partial charge in [-0.3, -0.25) is 9.69 Å². The molecule has 15 heavy (non-hydrogen) atoms. The molecule has 1 rings (SSSR count). The van der Waals surface area contributed by atoms with E-state index in [1.54, 1.807) is 13.8 Å². The van der Waals surface area contributed by atoms with Crippen molar-refractivity contribution in [2.24, 2.45) is 5.41 Å². The second-order valence-electron chi connectivity index (χ2n) is 4.90. The van der Waals surface area contributed by atoms with E-state index >= 15 is 0 Å². The van der Waals surface area contributed by atoms with Crippen LogP contribution in [0.2, 0.25) is 0 Å². The van der Waals surface area contributed by atoms with E-state index in [4.69, 9.17) is 5.11 Å². The number of rotatable bonds is 4. The molecule has 1 aliphatic heterocycles. The van der Waals surface area contributed by atoms with Gasteiger partial charge >= 0.3 is 5.97 Å². The number of carboxylic acids is 1. The van der Waals surface area contributed by atoms with Crippen molar-refractivity contribution in [1.82, 2.24) is 9.80 Å². The van der Waals surface area contributed by atoms with Crippen LogP contribution >= 0.6 is 0 Å². The molecule has 88 valence electrons. The molecule has 0 atom stereocenters. The Kier molecular flexibility index (Phi) is 4.11. The normalized spacial score (nSPS) is 20.5. The van der Waals surface area contributed by atoms with Crippen LogP contribution in [0.1, 0.15) is 20.8 Å². The highest BCUT2D eigenvalue weighted by Crippen LogP contribution is 2.18. The molecule has 1 saturated heterocycles. The summed E-state index contributed by atoms with van der Waals surface area (Å²) < 4.78 is 0. The van der Waals surface area contributed by atoms with Crippen LogP contribution < -0.4 is 0 Å². The summed E-state index contributed by atoms with van der Waals surface area (Å²) in [5.41, 5.74) is -0.631. The van der Waals surface area contributed by atoms with Crippen molar-refractivity contribution in [2.75, 3.05) is 39.3 Å². The SMILES string of the molecule is CCN1CCN(CC(C)(C)C(=O)O)CC1. The largest absolute Gasteiger partial charge is 0.481 e. The molecule has 0 amide bonds. The van der Waals surface area contributed by atoms with E-state index in [1.807, 2.05) is 0 Å². The van der Waals surface area contributed by atoms with E-state index in [9.17, 15) is 4.79 Å². The second kappa shape index (κ2) is 4.94. The summed E-state index contributed by atoms with van der Waals surface area (Å²) in [6.07, 6.45) is 0. The van der Waals surface area contributed by atoms with E-state index < -0.39 is 11.4 Å². The molecule has 0 bridgehead atoms. The maximum atomic E-state index is 11.0. The maximum Gasteiger partial charge on any atom is 0.310 e. The number of nitrogens with zero attached hydrogens (tertiary/aromatic N) is 2. The van der Waals surface area contributed by atoms with Crippen molar-refractivity contribution in [3.8, 4) is 0 Å². The summed E-state index contributed by atoms with van der Waals surface area (Å²) in [5, 5.41) is 9.03. The second-order valence-corrected chi connectivity index (χ2v) is 4.90. The zero-order valence-electron chi connectivity index (χ0n) is 9.99. The number of likely N-dealkylation sites (N-methyl/N-ethyl adjacent to an activating group) is 1. The molecule has 1 aliphatic rings. The van der Waals surface area contributed by atoms with Gasteiger partial charge in [0.05, 0.1) is 5.41 Å². The monoisotopic (exact) mass is 214 g/mol. The van der Waals surface area contributed by atoms with Crippen LogP contribution in [-0.4, -0.2) is 60.1 Å². The van der Waals surface area contributed by atoms with Crippen molar-refractivity contribution in [1.29, 1.82) is 0 Å². The van der Waals surface area contributed by atoms with E-state index in [2.05, 4.69) is 16.7 Å². The van der Waals surface area contributed by atoms with Crippen molar-refractivity contribution >= 4 is 5.97 Å². The Morgan fingerprint density at radius 2 is 1.67 bits per heavy atom. The summed E-state index contributed by atoms with van der Waals surface area (Å²) in [6.45, 7) is 11.6. The molecular weight excluding hydrogens is 192 g/mol. The number of piperazine rings is 1. The molecule has 4 nitrogen and oxygen atoms in total. The van der Waals surface area contributed by atoms with E-state index in [1.165, 1.54) is 0 Å². The fourth-order valence-electron chi connectivity index (χ4n) is 1.89. The van der Waals surface area contributed by atoms with Gasteiger partial charge < -0.3 is 10.0 Å². The van der Waals surface area contributed by atoms with E-state index in [0.29, 0.717) is 6.54 Å². The zero-order chi connectivity index (χ0) is 11.5. The number of hydrogen-bond donors (Lipinski definition) is 1. The first kappa shape index (κ1) is 12.5. The van der Waals surface area contributed by atoms with Crippen molar-refractivity contribution in [2.45, 2.75) is 20.8 Å². The molecule has 1 N–H and O–H groups in total. The van der Waals surface area contributed by atoms with Crippen LogP contribution in [-0.2, 0) is 4.79 Å². The van der Waals surface area contributed by atoms with Crippen LogP contribution in [0.15, 0.2) is 0 Å². The van der Waals surface area contributed by atoms with Crippen LogP contribution in [0.25, 0.3) is 0 Å². The molecule has 1 fully saturated rings.